The van der Waals surface area contributed by atoms with E-state index in [2.05, 4.69) is 10.6 Å². The molecule has 3 rings (SSSR count). The van der Waals surface area contributed by atoms with Gasteiger partial charge in [0.15, 0.2) is 0 Å². The molecule has 1 saturated carbocycles. The molecule has 5 nitrogen and oxygen atoms in total. The molecule has 2 aliphatic rings. The van der Waals surface area contributed by atoms with Crippen LogP contribution in [-0.4, -0.2) is 24.9 Å². The lowest BCUT2D eigenvalue weighted by molar-refractivity contribution is -0.118. The summed E-state index contributed by atoms with van der Waals surface area (Å²) in [7, 11) is 0. The van der Waals surface area contributed by atoms with E-state index in [0.29, 0.717) is 5.56 Å². The Morgan fingerprint density at radius 2 is 1.85 bits per heavy atom. The molecule has 20 heavy (non-hydrogen) atoms. The second-order valence-electron chi connectivity index (χ2n) is 5.80. The van der Waals surface area contributed by atoms with Crippen LogP contribution in [0.2, 0.25) is 0 Å². The van der Waals surface area contributed by atoms with Crippen molar-refractivity contribution < 1.29 is 9.59 Å². The Morgan fingerprint density at radius 3 is 2.45 bits per heavy atom. The zero-order chi connectivity index (χ0) is 14.2. The average Bonchev–Trinajstić information content (AvgIpc) is 3.14. The first-order valence-corrected chi connectivity index (χ1v) is 7.02. The highest BCUT2D eigenvalue weighted by atomic mass is 16.2. The highest BCUT2D eigenvalue weighted by molar-refractivity contribution is 5.96. The first-order valence-electron chi connectivity index (χ1n) is 7.02. The third-order valence-electron chi connectivity index (χ3n) is 4.54. The first kappa shape index (κ1) is 13.1. The monoisotopic (exact) mass is 273 g/mol. The van der Waals surface area contributed by atoms with Gasteiger partial charge < -0.3 is 16.4 Å². The minimum atomic E-state index is -0.460. The number of anilines is 1. The minimum absolute atomic E-state index is 0.0960. The molecule has 1 unspecified atom stereocenters. The SMILES string of the molecule is NC(=O)c1ccc(NC(=O)C2CC23CCNCC3)cc1. The lowest BCUT2D eigenvalue weighted by Crippen LogP contribution is -2.31. The van der Waals surface area contributed by atoms with Gasteiger partial charge >= 0.3 is 0 Å². The fraction of sp³-hybridized carbons (Fsp3) is 0.467. The smallest absolute Gasteiger partial charge is 0.248 e. The quantitative estimate of drug-likeness (QED) is 0.771. The Labute approximate surface area is 117 Å². The van der Waals surface area contributed by atoms with Crippen LogP contribution < -0.4 is 16.4 Å². The van der Waals surface area contributed by atoms with Gasteiger partial charge in [-0.1, -0.05) is 0 Å². The van der Waals surface area contributed by atoms with Crippen molar-refractivity contribution in [3.8, 4) is 0 Å². The third-order valence-corrected chi connectivity index (χ3v) is 4.54. The van der Waals surface area contributed by atoms with Crippen molar-refractivity contribution in [2.75, 3.05) is 18.4 Å². The van der Waals surface area contributed by atoms with E-state index in [1.807, 2.05) is 0 Å². The molecule has 5 heteroatoms. The molecule has 0 aromatic heterocycles. The van der Waals surface area contributed by atoms with Crippen molar-refractivity contribution in [1.82, 2.24) is 5.32 Å². The lowest BCUT2D eigenvalue weighted by Gasteiger charge is -2.23. The predicted molar refractivity (Wildman–Crippen MR) is 76.2 cm³/mol. The number of primary amides is 1. The maximum absolute atomic E-state index is 12.2. The van der Waals surface area contributed by atoms with Crippen LogP contribution >= 0.6 is 0 Å². The molecule has 0 bridgehead atoms. The summed E-state index contributed by atoms with van der Waals surface area (Å²) >= 11 is 0. The largest absolute Gasteiger partial charge is 0.366 e. The molecule has 1 heterocycles. The molecule has 1 aliphatic heterocycles. The summed E-state index contributed by atoms with van der Waals surface area (Å²) in [4.78, 5) is 23.2. The summed E-state index contributed by atoms with van der Waals surface area (Å²) in [6.45, 7) is 2.02. The van der Waals surface area contributed by atoms with Crippen LogP contribution in [-0.2, 0) is 4.79 Å². The van der Waals surface area contributed by atoms with Crippen LogP contribution in [0.5, 0.6) is 0 Å². The van der Waals surface area contributed by atoms with Crippen molar-refractivity contribution in [3.05, 3.63) is 29.8 Å². The molecule has 1 atom stereocenters. The average molecular weight is 273 g/mol. The number of hydrogen-bond donors (Lipinski definition) is 3. The van der Waals surface area contributed by atoms with Gasteiger partial charge in [0.25, 0.3) is 0 Å². The van der Waals surface area contributed by atoms with Crippen LogP contribution in [0.4, 0.5) is 5.69 Å². The summed E-state index contributed by atoms with van der Waals surface area (Å²) in [6, 6.07) is 6.70. The number of benzene rings is 1. The molecule has 4 N–H and O–H groups in total. The second kappa shape index (κ2) is 4.90. The molecule has 1 saturated heterocycles. The van der Waals surface area contributed by atoms with Crippen LogP contribution in [0.3, 0.4) is 0 Å². The van der Waals surface area contributed by atoms with Crippen molar-refractivity contribution in [2.45, 2.75) is 19.3 Å². The molecular formula is C15H19N3O2. The topological polar surface area (TPSA) is 84.2 Å². The maximum atomic E-state index is 12.2. The van der Waals surface area contributed by atoms with E-state index < -0.39 is 5.91 Å². The zero-order valence-corrected chi connectivity index (χ0v) is 11.3. The molecule has 1 aliphatic carbocycles. The van der Waals surface area contributed by atoms with Gasteiger partial charge in [0.05, 0.1) is 0 Å². The van der Waals surface area contributed by atoms with Crippen LogP contribution in [0, 0.1) is 11.3 Å². The fourth-order valence-corrected chi connectivity index (χ4v) is 3.14. The number of nitrogens with two attached hydrogens (primary N) is 1. The van der Waals surface area contributed by atoms with Gasteiger partial charge in [0.1, 0.15) is 0 Å². The minimum Gasteiger partial charge on any atom is -0.366 e. The van der Waals surface area contributed by atoms with Gasteiger partial charge in [-0.15, -0.1) is 0 Å². The van der Waals surface area contributed by atoms with Crippen LogP contribution in [0.1, 0.15) is 29.6 Å². The van der Waals surface area contributed by atoms with E-state index in [4.69, 9.17) is 5.73 Å². The highest BCUT2D eigenvalue weighted by Crippen LogP contribution is 2.58. The van der Waals surface area contributed by atoms with Gasteiger partial charge in [0.2, 0.25) is 11.8 Å². The Morgan fingerprint density at radius 1 is 1.20 bits per heavy atom. The lowest BCUT2D eigenvalue weighted by atomic mass is 9.92. The second-order valence-corrected chi connectivity index (χ2v) is 5.80. The van der Waals surface area contributed by atoms with Crippen LogP contribution in [0.25, 0.3) is 0 Å². The van der Waals surface area contributed by atoms with E-state index in [9.17, 15) is 9.59 Å². The standard InChI is InChI=1S/C15H19N3O2/c16-13(19)10-1-3-11(4-2-10)18-14(20)12-9-15(12)5-7-17-8-6-15/h1-4,12,17H,5-9H2,(H2,16,19)(H,18,20). The first-order chi connectivity index (χ1) is 9.61. The molecule has 2 fully saturated rings. The van der Waals surface area contributed by atoms with E-state index in [1.165, 1.54) is 0 Å². The molecular weight excluding hydrogens is 254 g/mol. The van der Waals surface area contributed by atoms with E-state index >= 15 is 0 Å². The molecule has 1 aromatic carbocycles. The van der Waals surface area contributed by atoms with Crippen molar-refractivity contribution in [2.24, 2.45) is 17.1 Å². The highest BCUT2D eigenvalue weighted by Gasteiger charge is 2.57. The number of piperidine rings is 1. The molecule has 2 amide bonds. The molecule has 1 aromatic rings. The predicted octanol–water partition coefficient (Wildman–Crippen LogP) is 1.11. The Hall–Kier alpha value is -1.88. The van der Waals surface area contributed by atoms with Gasteiger partial charge in [-0.05, 0) is 62.0 Å². The molecule has 1 spiro atoms. The summed E-state index contributed by atoms with van der Waals surface area (Å²) in [6.07, 6.45) is 3.18. The Balaban J connectivity index is 1.61. The maximum Gasteiger partial charge on any atom is 0.248 e. The van der Waals surface area contributed by atoms with Gasteiger partial charge in [0, 0.05) is 17.2 Å². The zero-order valence-electron chi connectivity index (χ0n) is 11.3. The van der Waals surface area contributed by atoms with E-state index in [-0.39, 0.29) is 17.2 Å². The Bertz CT molecular complexity index is 533. The Kier molecular flexibility index (Phi) is 3.22. The summed E-state index contributed by atoms with van der Waals surface area (Å²) in [5, 5.41) is 6.26. The van der Waals surface area contributed by atoms with Gasteiger partial charge in [-0.25, -0.2) is 0 Å². The normalized spacial score (nSPS) is 23.3. The van der Waals surface area contributed by atoms with E-state index in [0.717, 1.165) is 38.0 Å². The number of hydrogen-bond acceptors (Lipinski definition) is 3. The van der Waals surface area contributed by atoms with Crippen molar-refractivity contribution in [3.63, 3.8) is 0 Å². The number of carbonyl (C=O) groups is 2. The van der Waals surface area contributed by atoms with Crippen molar-refractivity contribution >= 4 is 17.5 Å². The number of carbonyl (C=O) groups excluding carboxylic acids is 2. The number of amides is 2. The summed E-state index contributed by atoms with van der Waals surface area (Å²) in [5.74, 6) is -0.224. The summed E-state index contributed by atoms with van der Waals surface area (Å²) < 4.78 is 0. The van der Waals surface area contributed by atoms with Gasteiger partial charge in [-0.3, -0.25) is 9.59 Å². The summed E-state index contributed by atoms with van der Waals surface area (Å²) in [5.41, 5.74) is 6.59. The van der Waals surface area contributed by atoms with Crippen molar-refractivity contribution in [1.29, 1.82) is 0 Å². The molecule has 0 radical (unpaired) electrons. The molecule has 106 valence electrons. The van der Waals surface area contributed by atoms with Gasteiger partial charge in [-0.2, -0.15) is 0 Å². The fourth-order valence-electron chi connectivity index (χ4n) is 3.14. The third kappa shape index (κ3) is 2.41. The number of nitrogens with one attached hydrogen (secondary N) is 2. The number of rotatable bonds is 3. The van der Waals surface area contributed by atoms with Crippen LogP contribution in [0.15, 0.2) is 24.3 Å². The van der Waals surface area contributed by atoms with E-state index in [1.54, 1.807) is 24.3 Å².